The second kappa shape index (κ2) is 6.35. The average molecular weight is 357 g/mol. The van der Waals surface area contributed by atoms with E-state index in [1.54, 1.807) is 0 Å². The molecule has 5 nitrogen and oxygen atoms in total. The first-order valence-electron chi connectivity index (χ1n) is 9.43. The topological polar surface area (TPSA) is 38.9 Å². The fourth-order valence-corrected chi connectivity index (χ4v) is 4.05. The molecule has 0 radical (unpaired) electrons. The summed E-state index contributed by atoms with van der Waals surface area (Å²) < 4.78 is 4.45. The van der Waals surface area contributed by atoms with Crippen molar-refractivity contribution in [1.82, 2.24) is 24.2 Å². The van der Waals surface area contributed by atoms with Crippen molar-refractivity contribution < 1.29 is 0 Å². The van der Waals surface area contributed by atoms with Gasteiger partial charge in [-0.1, -0.05) is 24.3 Å². The standard InChI is InChI=1S/C22H23N5/c1-16-6-5-9-23-22(16)20-13-19-15-26(10-11-27(19)24-20)14-18-12-17-7-3-4-8-21(17)25(18)2/h3-9,12-13H,10-11,14-15H2,1-2H3. The molecule has 0 amide bonds. The van der Waals surface area contributed by atoms with Gasteiger partial charge in [0.15, 0.2) is 0 Å². The first kappa shape index (κ1) is 16.3. The van der Waals surface area contributed by atoms with Gasteiger partial charge in [0.2, 0.25) is 0 Å². The highest BCUT2D eigenvalue weighted by atomic mass is 15.3. The molecular formula is C22H23N5. The summed E-state index contributed by atoms with van der Waals surface area (Å²) in [4.78, 5) is 7.02. The van der Waals surface area contributed by atoms with Crippen LogP contribution in [0.25, 0.3) is 22.3 Å². The van der Waals surface area contributed by atoms with Crippen molar-refractivity contribution in [2.75, 3.05) is 6.54 Å². The van der Waals surface area contributed by atoms with E-state index < -0.39 is 0 Å². The number of fused-ring (bicyclic) bond motifs is 2. The van der Waals surface area contributed by atoms with Crippen molar-refractivity contribution in [3.63, 3.8) is 0 Å². The van der Waals surface area contributed by atoms with Gasteiger partial charge in [-0.3, -0.25) is 14.6 Å². The third-order valence-electron chi connectivity index (χ3n) is 5.57. The lowest BCUT2D eigenvalue weighted by atomic mass is 10.1. The molecule has 0 saturated heterocycles. The molecule has 136 valence electrons. The van der Waals surface area contributed by atoms with Crippen LogP contribution in [-0.4, -0.2) is 30.8 Å². The predicted molar refractivity (Wildman–Crippen MR) is 107 cm³/mol. The summed E-state index contributed by atoms with van der Waals surface area (Å²) in [6.45, 7) is 5.89. The Hall–Kier alpha value is -2.92. The van der Waals surface area contributed by atoms with Crippen LogP contribution in [0.2, 0.25) is 0 Å². The second-order valence-electron chi connectivity index (χ2n) is 7.38. The SMILES string of the molecule is Cc1cccnc1-c1cc2n(n1)CCN(Cc1cc3ccccc3n1C)C2. The van der Waals surface area contributed by atoms with E-state index in [2.05, 4.69) is 75.6 Å². The molecule has 0 saturated carbocycles. The van der Waals surface area contributed by atoms with Crippen LogP contribution in [0.3, 0.4) is 0 Å². The Bertz CT molecular complexity index is 1120. The van der Waals surface area contributed by atoms with Gasteiger partial charge in [-0.05, 0) is 42.1 Å². The molecule has 3 aromatic heterocycles. The lowest BCUT2D eigenvalue weighted by molar-refractivity contribution is 0.201. The quantitative estimate of drug-likeness (QED) is 0.560. The Kier molecular flexibility index (Phi) is 3.83. The van der Waals surface area contributed by atoms with Gasteiger partial charge in [0.1, 0.15) is 5.69 Å². The maximum absolute atomic E-state index is 4.80. The minimum Gasteiger partial charge on any atom is -0.346 e. The van der Waals surface area contributed by atoms with Crippen molar-refractivity contribution in [3.05, 3.63) is 71.7 Å². The lowest BCUT2D eigenvalue weighted by Crippen LogP contribution is -2.33. The van der Waals surface area contributed by atoms with Crippen LogP contribution < -0.4 is 0 Å². The van der Waals surface area contributed by atoms with E-state index in [0.29, 0.717) is 0 Å². The number of pyridine rings is 1. The Morgan fingerprint density at radius 3 is 2.78 bits per heavy atom. The Morgan fingerprint density at radius 1 is 1.04 bits per heavy atom. The number of hydrogen-bond acceptors (Lipinski definition) is 3. The summed E-state index contributed by atoms with van der Waals surface area (Å²) in [5.74, 6) is 0. The van der Waals surface area contributed by atoms with Crippen molar-refractivity contribution >= 4 is 10.9 Å². The Morgan fingerprint density at radius 2 is 1.93 bits per heavy atom. The normalized spacial score (nSPS) is 14.6. The molecule has 0 fully saturated rings. The van der Waals surface area contributed by atoms with Gasteiger partial charge in [0.25, 0.3) is 0 Å². The third kappa shape index (κ3) is 2.84. The van der Waals surface area contributed by atoms with Gasteiger partial charge in [-0.25, -0.2) is 0 Å². The molecular weight excluding hydrogens is 334 g/mol. The zero-order chi connectivity index (χ0) is 18.4. The molecule has 27 heavy (non-hydrogen) atoms. The van der Waals surface area contributed by atoms with Gasteiger partial charge in [0.05, 0.1) is 17.9 Å². The maximum atomic E-state index is 4.80. The van der Waals surface area contributed by atoms with E-state index in [9.17, 15) is 0 Å². The van der Waals surface area contributed by atoms with Crippen LogP contribution in [0.5, 0.6) is 0 Å². The molecule has 1 aliphatic rings. The van der Waals surface area contributed by atoms with Crippen LogP contribution in [0.1, 0.15) is 17.0 Å². The summed E-state index contributed by atoms with van der Waals surface area (Å²) in [6.07, 6.45) is 1.84. The lowest BCUT2D eigenvalue weighted by Gasteiger charge is -2.27. The largest absolute Gasteiger partial charge is 0.346 e. The van der Waals surface area contributed by atoms with Crippen molar-refractivity contribution in [2.45, 2.75) is 26.6 Å². The highest BCUT2D eigenvalue weighted by Gasteiger charge is 2.21. The summed E-state index contributed by atoms with van der Waals surface area (Å²) in [7, 11) is 2.16. The van der Waals surface area contributed by atoms with Crippen LogP contribution in [0.4, 0.5) is 0 Å². The van der Waals surface area contributed by atoms with E-state index in [4.69, 9.17) is 5.10 Å². The highest BCUT2D eigenvalue weighted by Crippen LogP contribution is 2.25. The Balaban J connectivity index is 1.39. The smallest absolute Gasteiger partial charge is 0.111 e. The first-order chi connectivity index (χ1) is 13.2. The molecule has 0 aliphatic carbocycles. The highest BCUT2D eigenvalue weighted by molar-refractivity contribution is 5.81. The fraction of sp³-hybridized carbons (Fsp3) is 0.273. The molecule has 5 rings (SSSR count). The number of para-hydroxylation sites is 1. The molecule has 5 heteroatoms. The summed E-state index contributed by atoms with van der Waals surface area (Å²) in [5.41, 5.74) is 7.04. The number of hydrogen-bond donors (Lipinski definition) is 0. The van der Waals surface area contributed by atoms with E-state index >= 15 is 0 Å². The van der Waals surface area contributed by atoms with Crippen LogP contribution in [-0.2, 0) is 26.7 Å². The molecule has 0 spiro atoms. The number of rotatable bonds is 3. The number of benzene rings is 1. The Labute approximate surface area is 158 Å². The van der Waals surface area contributed by atoms with E-state index in [0.717, 1.165) is 37.6 Å². The number of aryl methyl sites for hydroxylation is 2. The fourth-order valence-electron chi connectivity index (χ4n) is 4.05. The van der Waals surface area contributed by atoms with Crippen molar-refractivity contribution in [1.29, 1.82) is 0 Å². The number of aromatic nitrogens is 4. The second-order valence-corrected chi connectivity index (χ2v) is 7.38. The number of nitrogens with zero attached hydrogens (tertiary/aromatic N) is 5. The van der Waals surface area contributed by atoms with Gasteiger partial charge < -0.3 is 4.57 Å². The van der Waals surface area contributed by atoms with Gasteiger partial charge >= 0.3 is 0 Å². The zero-order valence-electron chi connectivity index (χ0n) is 15.8. The van der Waals surface area contributed by atoms with Crippen LogP contribution in [0, 0.1) is 6.92 Å². The van der Waals surface area contributed by atoms with Crippen LogP contribution in [0.15, 0.2) is 54.7 Å². The summed E-state index contributed by atoms with van der Waals surface area (Å²) in [6, 6.07) is 17.1. The van der Waals surface area contributed by atoms with Crippen LogP contribution >= 0.6 is 0 Å². The van der Waals surface area contributed by atoms with Crippen molar-refractivity contribution in [3.8, 4) is 11.4 Å². The monoisotopic (exact) mass is 357 g/mol. The van der Waals surface area contributed by atoms with E-state index in [-0.39, 0.29) is 0 Å². The molecule has 0 atom stereocenters. The molecule has 1 aliphatic heterocycles. The molecule has 0 N–H and O–H groups in total. The molecule has 4 aromatic rings. The zero-order valence-corrected chi connectivity index (χ0v) is 15.8. The summed E-state index contributed by atoms with van der Waals surface area (Å²) >= 11 is 0. The van der Waals surface area contributed by atoms with Crippen molar-refractivity contribution in [2.24, 2.45) is 7.05 Å². The molecule has 1 aromatic carbocycles. The average Bonchev–Trinajstić information content (AvgIpc) is 3.23. The minimum absolute atomic E-state index is 0.917. The van der Waals surface area contributed by atoms with Gasteiger partial charge in [0, 0.05) is 44.1 Å². The molecule has 0 unspecified atom stereocenters. The van der Waals surface area contributed by atoms with Gasteiger partial charge in [-0.2, -0.15) is 5.10 Å². The minimum atomic E-state index is 0.917. The third-order valence-corrected chi connectivity index (χ3v) is 5.57. The maximum Gasteiger partial charge on any atom is 0.111 e. The van der Waals surface area contributed by atoms with E-state index in [1.807, 2.05) is 12.3 Å². The predicted octanol–water partition coefficient (Wildman–Crippen LogP) is 3.76. The van der Waals surface area contributed by atoms with E-state index in [1.165, 1.54) is 27.9 Å². The molecule has 0 bridgehead atoms. The molecule has 4 heterocycles. The van der Waals surface area contributed by atoms with Gasteiger partial charge in [-0.15, -0.1) is 0 Å². The summed E-state index contributed by atoms with van der Waals surface area (Å²) in [5, 5.41) is 6.11. The first-order valence-corrected chi connectivity index (χ1v) is 9.43.